The van der Waals surface area contributed by atoms with Gasteiger partial charge in [-0.25, -0.2) is 9.97 Å². The summed E-state index contributed by atoms with van der Waals surface area (Å²) in [6.45, 7) is 0.456. The van der Waals surface area contributed by atoms with Crippen LogP contribution in [0.4, 0.5) is 0 Å². The molecule has 0 unspecified atom stereocenters. The van der Waals surface area contributed by atoms with E-state index in [-0.39, 0.29) is 6.61 Å². The lowest BCUT2D eigenvalue weighted by Gasteiger charge is -2.03. The highest BCUT2D eigenvalue weighted by Gasteiger charge is 2.15. The summed E-state index contributed by atoms with van der Waals surface area (Å²) in [5.41, 5.74) is 1.53. The zero-order valence-electron chi connectivity index (χ0n) is 9.38. The second-order valence-electron chi connectivity index (χ2n) is 3.76. The first-order valence-corrected chi connectivity index (χ1v) is 6.26. The summed E-state index contributed by atoms with van der Waals surface area (Å²) in [6, 6.07) is 7.36. The Balaban J connectivity index is 2.24. The first kappa shape index (κ1) is 11.4. The highest BCUT2D eigenvalue weighted by molar-refractivity contribution is 9.10. The highest BCUT2D eigenvalue weighted by Crippen LogP contribution is 2.27. The van der Waals surface area contributed by atoms with Gasteiger partial charge in [0.2, 0.25) is 0 Å². The Morgan fingerprint density at radius 2 is 2.22 bits per heavy atom. The van der Waals surface area contributed by atoms with Crippen molar-refractivity contribution in [3.05, 3.63) is 35.1 Å². The fourth-order valence-corrected chi connectivity index (χ4v) is 2.20. The van der Waals surface area contributed by atoms with E-state index in [1.807, 2.05) is 28.8 Å². The molecule has 0 aliphatic rings. The number of fused-ring (bicyclic) bond motifs is 1. The summed E-state index contributed by atoms with van der Waals surface area (Å²) in [6.07, 6.45) is 1.71. The van der Waals surface area contributed by atoms with E-state index in [0.29, 0.717) is 22.8 Å². The molecule has 0 radical (unpaired) electrons. The standard InChI is InChI=1S/C12H10BrN3O2/c13-10-4-3-9(18-10)12-15-8-2-1-5-14-11(8)16(12)6-7-17/h1-5,17H,6-7H2. The van der Waals surface area contributed by atoms with Crippen LogP contribution in [0.3, 0.4) is 0 Å². The van der Waals surface area contributed by atoms with Gasteiger partial charge in [-0.2, -0.15) is 0 Å². The molecule has 5 nitrogen and oxygen atoms in total. The number of aliphatic hydroxyl groups excluding tert-OH is 1. The van der Waals surface area contributed by atoms with Crippen LogP contribution < -0.4 is 0 Å². The van der Waals surface area contributed by atoms with Crippen molar-refractivity contribution in [1.82, 2.24) is 14.5 Å². The quantitative estimate of drug-likeness (QED) is 0.807. The van der Waals surface area contributed by atoms with Crippen LogP contribution in [0.5, 0.6) is 0 Å². The first-order valence-electron chi connectivity index (χ1n) is 5.47. The molecule has 0 spiro atoms. The molecule has 92 valence electrons. The van der Waals surface area contributed by atoms with Crippen LogP contribution >= 0.6 is 15.9 Å². The Bertz CT molecular complexity index is 690. The number of aliphatic hydroxyl groups is 1. The lowest BCUT2D eigenvalue weighted by atomic mass is 10.4. The van der Waals surface area contributed by atoms with Gasteiger partial charge in [0.1, 0.15) is 5.52 Å². The second kappa shape index (κ2) is 4.55. The van der Waals surface area contributed by atoms with Gasteiger partial charge in [-0.15, -0.1) is 0 Å². The summed E-state index contributed by atoms with van der Waals surface area (Å²) in [5, 5.41) is 9.16. The van der Waals surface area contributed by atoms with E-state index in [0.717, 1.165) is 11.2 Å². The average molecular weight is 308 g/mol. The predicted molar refractivity (Wildman–Crippen MR) is 70.0 cm³/mol. The van der Waals surface area contributed by atoms with Gasteiger partial charge in [-0.1, -0.05) is 0 Å². The number of rotatable bonds is 3. The second-order valence-corrected chi connectivity index (χ2v) is 4.54. The molecule has 1 N–H and O–H groups in total. The number of aromatic nitrogens is 3. The van der Waals surface area contributed by atoms with Crippen molar-refractivity contribution in [2.75, 3.05) is 6.61 Å². The fraction of sp³-hybridized carbons (Fsp3) is 0.167. The molecule has 0 aliphatic heterocycles. The molecule has 0 bridgehead atoms. The van der Waals surface area contributed by atoms with Gasteiger partial charge >= 0.3 is 0 Å². The molecule has 3 heterocycles. The predicted octanol–water partition coefficient (Wildman–Crippen LogP) is 2.45. The van der Waals surface area contributed by atoms with Crippen molar-refractivity contribution in [3.8, 4) is 11.6 Å². The van der Waals surface area contributed by atoms with Crippen molar-refractivity contribution >= 4 is 27.1 Å². The number of imidazole rings is 1. The molecule has 3 aromatic rings. The molecule has 0 saturated carbocycles. The van der Waals surface area contributed by atoms with Crippen LogP contribution in [0.25, 0.3) is 22.7 Å². The van der Waals surface area contributed by atoms with Gasteiger partial charge in [0.15, 0.2) is 21.9 Å². The van der Waals surface area contributed by atoms with E-state index >= 15 is 0 Å². The van der Waals surface area contributed by atoms with Crippen LogP contribution in [0, 0.1) is 0 Å². The van der Waals surface area contributed by atoms with E-state index < -0.39 is 0 Å². The third-order valence-corrected chi connectivity index (χ3v) is 3.05. The molecule has 3 rings (SSSR count). The molecule has 6 heteroatoms. The van der Waals surface area contributed by atoms with Gasteiger partial charge in [0.25, 0.3) is 0 Å². The number of hydrogen-bond acceptors (Lipinski definition) is 4. The smallest absolute Gasteiger partial charge is 0.178 e. The third-order valence-electron chi connectivity index (χ3n) is 2.62. The van der Waals surface area contributed by atoms with Gasteiger partial charge < -0.3 is 14.1 Å². The monoisotopic (exact) mass is 307 g/mol. The Kier molecular flexibility index (Phi) is 2.89. The zero-order valence-corrected chi connectivity index (χ0v) is 11.0. The van der Waals surface area contributed by atoms with Crippen molar-refractivity contribution in [1.29, 1.82) is 0 Å². The minimum absolute atomic E-state index is 0.0247. The average Bonchev–Trinajstić information content (AvgIpc) is 2.95. The molecule has 3 aromatic heterocycles. The summed E-state index contributed by atoms with van der Waals surface area (Å²) in [4.78, 5) is 8.78. The maximum Gasteiger partial charge on any atom is 0.178 e. The largest absolute Gasteiger partial charge is 0.446 e. The number of nitrogens with zero attached hydrogens (tertiary/aromatic N) is 3. The van der Waals surface area contributed by atoms with Crippen molar-refractivity contribution < 1.29 is 9.52 Å². The van der Waals surface area contributed by atoms with Crippen molar-refractivity contribution in [2.24, 2.45) is 0 Å². The molecule has 0 aliphatic carbocycles. The Morgan fingerprint density at radius 3 is 2.94 bits per heavy atom. The molecule has 0 aromatic carbocycles. The van der Waals surface area contributed by atoms with E-state index in [1.54, 1.807) is 6.20 Å². The van der Waals surface area contributed by atoms with Crippen LogP contribution in [-0.2, 0) is 6.54 Å². The van der Waals surface area contributed by atoms with Gasteiger partial charge in [-0.05, 0) is 40.2 Å². The third kappa shape index (κ3) is 1.83. The Labute approximate surface area is 111 Å². The first-order chi connectivity index (χ1) is 8.79. The van der Waals surface area contributed by atoms with E-state index in [4.69, 9.17) is 9.52 Å². The van der Waals surface area contributed by atoms with E-state index in [2.05, 4.69) is 25.9 Å². The Morgan fingerprint density at radius 1 is 1.33 bits per heavy atom. The maximum absolute atomic E-state index is 9.16. The van der Waals surface area contributed by atoms with E-state index in [9.17, 15) is 0 Å². The maximum atomic E-state index is 9.16. The molecule has 0 amide bonds. The highest BCUT2D eigenvalue weighted by atomic mass is 79.9. The SMILES string of the molecule is OCCn1c(-c2ccc(Br)o2)nc2cccnc21. The minimum Gasteiger partial charge on any atom is -0.446 e. The lowest BCUT2D eigenvalue weighted by molar-refractivity contribution is 0.278. The Hall–Kier alpha value is -1.66. The van der Waals surface area contributed by atoms with E-state index in [1.165, 1.54) is 0 Å². The van der Waals surface area contributed by atoms with Crippen LogP contribution in [0.2, 0.25) is 0 Å². The van der Waals surface area contributed by atoms with Crippen LogP contribution in [0.15, 0.2) is 39.5 Å². The normalized spacial score (nSPS) is 11.2. The molecule has 0 atom stereocenters. The van der Waals surface area contributed by atoms with Crippen molar-refractivity contribution in [3.63, 3.8) is 0 Å². The topological polar surface area (TPSA) is 64.1 Å². The molecule has 0 fully saturated rings. The molecular formula is C12H10BrN3O2. The number of hydrogen-bond donors (Lipinski definition) is 1. The van der Waals surface area contributed by atoms with Gasteiger partial charge in [0.05, 0.1) is 6.61 Å². The zero-order chi connectivity index (χ0) is 12.5. The summed E-state index contributed by atoms with van der Waals surface area (Å²) >= 11 is 3.27. The summed E-state index contributed by atoms with van der Waals surface area (Å²) < 4.78 is 8.00. The minimum atomic E-state index is 0.0247. The van der Waals surface area contributed by atoms with Crippen LogP contribution in [0.1, 0.15) is 0 Å². The molecule has 0 saturated heterocycles. The number of furan rings is 1. The van der Waals surface area contributed by atoms with Gasteiger partial charge in [-0.3, -0.25) is 0 Å². The number of pyridine rings is 1. The molecular weight excluding hydrogens is 298 g/mol. The van der Waals surface area contributed by atoms with Gasteiger partial charge in [0, 0.05) is 12.7 Å². The number of halogens is 1. The lowest BCUT2D eigenvalue weighted by Crippen LogP contribution is -2.04. The van der Waals surface area contributed by atoms with Crippen molar-refractivity contribution in [2.45, 2.75) is 6.54 Å². The molecule has 18 heavy (non-hydrogen) atoms. The van der Waals surface area contributed by atoms with Crippen LogP contribution in [-0.4, -0.2) is 26.2 Å². The fourth-order valence-electron chi connectivity index (χ4n) is 1.89. The summed E-state index contributed by atoms with van der Waals surface area (Å²) in [5.74, 6) is 1.32. The summed E-state index contributed by atoms with van der Waals surface area (Å²) in [7, 11) is 0.